The first-order valence-electron chi connectivity index (χ1n) is 3.80. The third-order valence-electron chi connectivity index (χ3n) is 1.61. The van der Waals surface area contributed by atoms with Crippen LogP contribution in [0.15, 0.2) is 24.0 Å². The third-order valence-corrected chi connectivity index (χ3v) is 2.39. The van der Waals surface area contributed by atoms with E-state index in [0.717, 1.165) is 10.7 Å². The standard InChI is InChI=1S/C8H8N4S/c9-8-6(10-1-2-12-8)5-7-11-3-4-13-7/h1-4H,5H2,(H2,9,12). The molecule has 0 saturated carbocycles. The highest BCUT2D eigenvalue weighted by Gasteiger charge is 2.03. The molecule has 4 nitrogen and oxygen atoms in total. The number of nitrogens with two attached hydrogens (primary N) is 1. The van der Waals surface area contributed by atoms with Crippen molar-refractivity contribution in [2.45, 2.75) is 6.42 Å². The smallest absolute Gasteiger partial charge is 0.145 e. The first-order valence-corrected chi connectivity index (χ1v) is 4.68. The molecule has 0 radical (unpaired) electrons. The summed E-state index contributed by atoms with van der Waals surface area (Å²) in [4.78, 5) is 12.2. The molecule has 66 valence electrons. The summed E-state index contributed by atoms with van der Waals surface area (Å²) in [5.74, 6) is 0.484. The molecule has 2 heterocycles. The van der Waals surface area contributed by atoms with Gasteiger partial charge < -0.3 is 5.73 Å². The van der Waals surface area contributed by atoms with Gasteiger partial charge in [0, 0.05) is 30.4 Å². The van der Waals surface area contributed by atoms with E-state index in [1.54, 1.807) is 29.9 Å². The zero-order valence-electron chi connectivity index (χ0n) is 6.84. The van der Waals surface area contributed by atoms with Gasteiger partial charge in [-0.05, 0) is 0 Å². The lowest BCUT2D eigenvalue weighted by Gasteiger charge is -1.99. The van der Waals surface area contributed by atoms with E-state index in [1.165, 1.54) is 0 Å². The molecule has 13 heavy (non-hydrogen) atoms. The van der Waals surface area contributed by atoms with Gasteiger partial charge in [0.05, 0.1) is 10.7 Å². The molecule has 2 aromatic heterocycles. The quantitative estimate of drug-likeness (QED) is 0.774. The molecular weight excluding hydrogens is 184 g/mol. The van der Waals surface area contributed by atoms with Gasteiger partial charge in [-0.3, -0.25) is 4.98 Å². The number of hydrogen-bond acceptors (Lipinski definition) is 5. The molecule has 0 atom stereocenters. The molecule has 0 fully saturated rings. The van der Waals surface area contributed by atoms with Crippen LogP contribution in [0.25, 0.3) is 0 Å². The highest BCUT2D eigenvalue weighted by Crippen LogP contribution is 2.12. The Labute approximate surface area is 79.5 Å². The lowest BCUT2D eigenvalue weighted by molar-refractivity contribution is 1.02. The minimum atomic E-state index is 0.484. The van der Waals surface area contributed by atoms with Gasteiger partial charge in [-0.2, -0.15) is 0 Å². The van der Waals surface area contributed by atoms with Crippen LogP contribution in [0.2, 0.25) is 0 Å². The fourth-order valence-electron chi connectivity index (χ4n) is 0.997. The number of anilines is 1. The molecule has 0 unspecified atom stereocenters. The lowest BCUT2D eigenvalue weighted by atomic mass is 10.3. The van der Waals surface area contributed by atoms with E-state index in [2.05, 4.69) is 15.0 Å². The van der Waals surface area contributed by atoms with Crippen LogP contribution in [0.3, 0.4) is 0 Å². The maximum absolute atomic E-state index is 5.64. The summed E-state index contributed by atoms with van der Waals surface area (Å²) in [6.45, 7) is 0. The number of thiazole rings is 1. The highest BCUT2D eigenvalue weighted by molar-refractivity contribution is 7.09. The Balaban J connectivity index is 2.24. The van der Waals surface area contributed by atoms with E-state index in [1.807, 2.05) is 5.38 Å². The summed E-state index contributed by atoms with van der Waals surface area (Å²) in [5.41, 5.74) is 6.43. The lowest BCUT2D eigenvalue weighted by Crippen LogP contribution is -2.00. The second-order valence-corrected chi connectivity index (χ2v) is 3.47. The largest absolute Gasteiger partial charge is 0.382 e. The van der Waals surface area contributed by atoms with Crippen molar-refractivity contribution in [3.63, 3.8) is 0 Å². The molecule has 0 bridgehead atoms. The van der Waals surface area contributed by atoms with Crippen molar-refractivity contribution < 1.29 is 0 Å². The number of nitrogens with zero attached hydrogens (tertiary/aromatic N) is 3. The summed E-state index contributed by atoms with van der Waals surface area (Å²) >= 11 is 1.59. The van der Waals surface area contributed by atoms with Crippen LogP contribution in [-0.4, -0.2) is 15.0 Å². The first kappa shape index (κ1) is 8.12. The second-order valence-electron chi connectivity index (χ2n) is 2.49. The molecule has 0 aliphatic rings. The van der Waals surface area contributed by atoms with Gasteiger partial charge in [0.25, 0.3) is 0 Å². The SMILES string of the molecule is Nc1nccnc1Cc1nccs1. The van der Waals surface area contributed by atoms with Gasteiger partial charge in [-0.25, -0.2) is 9.97 Å². The van der Waals surface area contributed by atoms with Crippen LogP contribution in [0.1, 0.15) is 10.7 Å². The number of aromatic nitrogens is 3. The van der Waals surface area contributed by atoms with Crippen molar-refractivity contribution in [1.82, 2.24) is 15.0 Å². The number of hydrogen-bond donors (Lipinski definition) is 1. The predicted octanol–water partition coefficient (Wildman–Crippen LogP) is 1.11. The fourth-order valence-corrected chi connectivity index (χ4v) is 1.62. The Hall–Kier alpha value is -1.49. The zero-order chi connectivity index (χ0) is 9.10. The van der Waals surface area contributed by atoms with Crippen LogP contribution in [-0.2, 0) is 6.42 Å². The van der Waals surface area contributed by atoms with Crippen molar-refractivity contribution in [3.05, 3.63) is 34.7 Å². The Bertz CT molecular complexity index is 385. The molecular formula is C8H8N4S. The van der Waals surface area contributed by atoms with Gasteiger partial charge in [0.15, 0.2) is 0 Å². The molecule has 2 rings (SSSR count). The summed E-state index contributed by atoms with van der Waals surface area (Å²) in [6, 6.07) is 0. The van der Waals surface area contributed by atoms with Crippen molar-refractivity contribution in [3.8, 4) is 0 Å². The van der Waals surface area contributed by atoms with Crippen LogP contribution >= 0.6 is 11.3 Å². The minimum Gasteiger partial charge on any atom is -0.382 e. The number of nitrogen functional groups attached to an aromatic ring is 1. The maximum atomic E-state index is 5.64. The van der Waals surface area contributed by atoms with E-state index in [4.69, 9.17) is 5.73 Å². The van der Waals surface area contributed by atoms with Crippen molar-refractivity contribution in [2.24, 2.45) is 0 Å². The monoisotopic (exact) mass is 192 g/mol. The van der Waals surface area contributed by atoms with Crippen LogP contribution < -0.4 is 5.73 Å². The molecule has 5 heteroatoms. The normalized spacial score (nSPS) is 10.2. The van der Waals surface area contributed by atoms with E-state index in [0.29, 0.717) is 12.2 Å². The third kappa shape index (κ3) is 1.81. The minimum absolute atomic E-state index is 0.484. The molecule has 0 aromatic carbocycles. The van der Waals surface area contributed by atoms with Crippen LogP contribution in [0.4, 0.5) is 5.82 Å². The van der Waals surface area contributed by atoms with E-state index < -0.39 is 0 Å². The average Bonchev–Trinajstić information content (AvgIpc) is 2.61. The van der Waals surface area contributed by atoms with E-state index >= 15 is 0 Å². The maximum Gasteiger partial charge on any atom is 0.145 e. The van der Waals surface area contributed by atoms with Gasteiger partial charge in [-0.15, -0.1) is 11.3 Å². The Morgan fingerprint density at radius 1 is 1.15 bits per heavy atom. The topological polar surface area (TPSA) is 64.7 Å². The van der Waals surface area contributed by atoms with E-state index in [-0.39, 0.29) is 0 Å². The zero-order valence-corrected chi connectivity index (χ0v) is 7.66. The van der Waals surface area contributed by atoms with Crippen LogP contribution in [0.5, 0.6) is 0 Å². The summed E-state index contributed by atoms with van der Waals surface area (Å²) < 4.78 is 0. The Morgan fingerprint density at radius 2 is 2.00 bits per heavy atom. The molecule has 0 aliphatic heterocycles. The van der Waals surface area contributed by atoms with Crippen molar-refractivity contribution in [2.75, 3.05) is 5.73 Å². The molecule has 0 amide bonds. The second kappa shape index (κ2) is 3.49. The molecule has 2 aromatic rings. The number of rotatable bonds is 2. The van der Waals surface area contributed by atoms with Gasteiger partial charge in [0.1, 0.15) is 5.82 Å². The Morgan fingerprint density at radius 3 is 2.69 bits per heavy atom. The van der Waals surface area contributed by atoms with Crippen LogP contribution in [0, 0.1) is 0 Å². The predicted molar refractivity (Wildman–Crippen MR) is 51.4 cm³/mol. The Kier molecular flexibility index (Phi) is 2.18. The molecule has 0 aliphatic carbocycles. The van der Waals surface area contributed by atoms with Gasteiger partial charge >= 0.3 is 0 Å². The fraction of sp³-hybridized carbons (Fsp3) is 0.125. The van der Waals surface area contributed by atoms with E-state index in [9.17, 15) is 0 Å². The first-order chi connectivity index (χ1) is 6.36. The van der Waals surface area contributed by atoms with Crippen molar-refractivity contribution >= 4 is 17.2 Å². The molecule has 2 N–H and O–H groups in total. The molecule has 0 spiro atoms. The average molecular weight is 192 g/mol. The summed E-state index contributed by atoms with van der Waals surface area (Å²) in [6.07, 6.45) is 5.66. The summed E-state index contributed by atoms with van der Waals surface area (Å²) in [5, 5.41) is 2.94. The van der Waals surface area contributed by atoms with Gasteiger partial charge in [0.2, 0.25) is 0 Å². The summed E-state index contributed by atoms with van der Waals surface area (Å²) in [7, 11) is 0. The van der Waals surface area contributed by atoms with Crippen molar-refractivity contribution in [1.29, 1.82) is 0 Å². The molecule has 0 saturated heterocycles. The van der Waals surface area contributed by atoms with Gasteiger partial charge in [-0.1, -0.05) is 0 Å². The highest BCUT2D eigenvalue weighted by atomic mass is 32.1.